The van der Waals surface area contributed by atoms with Crippen LogP contribution in [0.2, 0.25) is 0 Å². The summed E-state index contributed by atoms with van der Waals surface area (Å²) in [7, 11) is 0. The van der Waals surface area contributed by atoms with Crippen LogP contribution in [0.25, 0.3) is 0 Å². The third kappa shape index (κ3) is 2.52. The molecule has 1 aliphatic rings. The van der Waals surface area contributed by atoms with Crippen LogP contribution < -0.4 is 4.90 Å². The van der Waals surface area contributed by atoms with Gasteiger partial charge in [0.15, 0.2) is 0 Å². The largest absolute Gasteiger partial charge is 0.344 e. The molecular formula is C11H20N4S. The Bertz CT molecular complexity index is 328. The molecule has 1 fully saturated rings. The molecule has 0 bridgehead atoms. The predicted octanol–water partition coefficient (Wildman–Crippen LogP) is 1.63. The van der Waals surface area contributed by atoms with Crippen LogP contribution in [0.3, 0.4) is 0 Å². The lowest BCUT2D eigenvalue weighted by Crippen LogP contribution is -2.48. The molecule has 16 heavy (non-hydrogen) atoms. The average Bonchev–Trinajstić information content (AvgIpc) is 2.77. The fourth-order valence-electron chi connectivity index (χ4n) is 1.95. The second-order valence-electron chi connectivity index (χ2n) is 4.46. The van der Waals surface area contributed by atoms with Gasteiger partial charge in [0, 0.05) is 50.2 Å². The van der Waals surface area contributed by atoms with E-state index >= 15 is 0 Å². The highest BCUT2D eigenvalue weighted by molar-refractivity contribution is 7.09. The molecule has 0 amide bonds. The van der Waals surface area contributed by atoms with Gasteiger partial charge in [-0.3, -0.25) is 4.90 Å². The average molecular weight is 240 g/mol. The zero-order valence-corrected chi connectivity index (χ0v) is 11.1. The van der Waals surface area contributed by atoms with Gasteiger partial charge in [-0.25, -0.2) is 4.98 Å². The van der Waals surface area contributed by atoms with E-state index in [1.807, 2.05) is 0 Å². The maximum Gasteiger partial charge on any atom is 0.205 e. The number of nitrogens with zero attached hydrogens (tertiary/aromatic N) is 4. The van der Waals surface area contributed by atoms with Crippen molar-refractivity contribution in [2.24, 2.45) is 0 Å². The summed E-state index contributed by atoms with van der Waals surface area (Å²) >= 11 is 1.54. The van der Waals surface area contributed by atoms with E-state index in [1.165, 1.54) is 11.5 Å². The van der Waals surface area contributed by atoms with Crippen molar-refractivity contribution in [2.75, 3.05) is 31.1 Å². The van der Waals surface area contributed by atoms with Crippen molar-refractivity contribution in [3.63, 3.8) is 0 Å². The molecule has 0 radical (unpaired) electrons. The third-order valence-corrected chi connectivity index (χ3v) is 3.90. The molecule has 1 aromatic rings. The van der Waals surface area contributed by atoms with Crippen LogP contribution in [-0.4, -0.2) is 46.5 Å². The van der Waals surface area contributed by atoms with Gasteiger partial charge in [0.25, 0.3) is 0 Å². The van der Waals surface area contributed by atoms with Crippen molar-refractivity contribution in [3.8, 4) is 0 Å². The Balaban J connectivity index is 1.93. The van der Waals surface area contributed by atoms with Crippen LogP contribution in [0.1, 0.15) is 26.6 Å². The molecule has 0 aromatic carbocycles. The number of piperazine rings is 1. The lowest BCUT2D eigenvalue weighted by molar-refractivity contribution is 0.209. The van der Waals surface area contributed by atoms with E-state index in [2.05, 4.69) is 39.9 Å². The normalized spacial score (nSPS) is 18.4. The Kier molecular flexibility index (Phi) is 3.76. The van der Waals surface area contributed by atoms with E-state index in [0.29, 0.717) is 6.04 Å². The second-order valence-corrected chi connectivity index (χ2v) is 5.19. The van der Waals surface area contributed by atoms with Gasteiger partial charge >= 0.3 is 0 Å². The van der Waals surface area contributed by atoms with Gasteiger partial charge in [-0.2, -0.15) is 4.37 Å². The van der Waals surface area contributed by atoms with Gasteiger partial charge in [0.1, 0.15) is 5.82 Å². The standard InChI is InChI=1S/C11H20N4S/c1-4-10-12-11(16-13-10)15-7-5-14(6-8-15)9(2)3/h9H,4-8H2,1-3H3. The lowest BCUT2D eigenvalue weighted by atomic mass is 10.2. The van der Waals surface area contributed by atoms with Crippen molar-refractivity contribution in [1.82, 2.24) is 14.3 Å². The number of rotatable bonds is 3. The van der Waals surface area contributed by atoms with Gasteiger partial charge in [-0.1, -0.05) is 6.92 Å². The first-order valence-corrected chi connectivity index (χ1v) is 6.79. The number of hydrogen-bond acceptors (Lipinski definition) is 5. The number of aryl methyl sites for hydroxylation is 1. The maximum absolute atomic E-state index is 4.54. The summed E-state index contributed by atoms with van der Waals surface area (Å²) < 4.78 is 4.34. The molecule has 2 rings (SSSR count). The van der Waals surface area contributed by atoms with Crippen molar-refractivity contribution < 1.29 is 0 Å². The second kappa shape index (κ2) is 5.10. The van der Waals surface area contributed by atoms with E-state index in [4.69, 9.17) is 0 Å². The molecule has 1 saturated heterocycles. The monoisotopic (exact) mass is 240 g/mol. The summed E-state index contributed by atoms with van der Waals surface area (Å²) in [5.41, 5.74) is 0. The first kappa shape index (κ1) is 11.8. The summed E-state index contributed by atoms with van der Waals surface area (Å²) in [5.74, 6) is 0.978. The molecule has 0 N–H and O–H groups in total. The van der Waals surface area contributed by atoms with Crippen LogP contribution >= 0.6 is 11.5 Å². The molecule has 4 nitrogen and oxygen atoms in total. The van der Waals surface area contributed by atoms with Crippen LogP contribution in [0.4, 0.5) is 5.13 Å². The SMILES string of the molecule is CCc1nsc(N2CCN(C(C)C)CC2)n1. The fraction of sp³-hybridized carbons (Fsp3) is 0.818. The van der Waals surface area contributed by atoms with E-state index in [0.717, 1.165) is 43.6 Å². The quantitative estimate of drug-likeness (QED) is 0.804. The molecule has 1 aliphatic heterocycles. The molecule has 0 saturated carbocycles. The Labute approximate surface area is 101 Å². The molecule has 2 heterocycles. The van der Waals surface area contributed by atoms with Crippen molar-refractivity contribution in [2.45, 2.75) is 33.2 Å². The van der Waals surface area contributed by atoms with Gasteiger partial charge in [0.2, 0.25) is 5.13 Å². The van der Waals surface area contributed by atoms with Crippen molar-refractivity contribution in [3.05, 3.63) is 5.82 Å². The minimum Gasteiger partial charge on any atom is -0.344 e. The molecule has 90 valence electrons. The van der Waals surface area contributed by atoms with Gasteiger partial charge in [0.05, 0.1) is 0 Å². The number of hydrogen-bond donors (Lipinski definition) is 0. The van der Waals surface area contributed by atoms with E-state index in [9.17, 15) is 0 Å². The zero-order chi connectivity index (χ0) is 11.5. The molecule has 0 atom stereocenters. The summed E-state index contributed by atoms with van der Waals surface area (Å²) in [4.78, 5) is 9.41. The maximum atomic E-state index is 4.54. The first-order chi connectivity index (χ1) is 7.70. The summed E-state index contributed by atoms with van der Waals surface area (Å²) in [6.07, 6.45) is 0.933. The molecule has 0 unspecified atom stereocenters. The third-order valence-electron chi connectivity index (χ3n) is 3.09. The van der Waals surface area contributed by atoms with Crippen molar-refractivity contribution in [1.29, 1.82) is 0 Å². The predicted molar refractivity (Wildman–Crippen MR) is 68.2 cm³/mol. The van der Waals surface area contributed by atoms with E-state index in [1.54, 1.807) is 0 Å². The van der Waals surface area contributed by atoms with E-state index < -0.39 is 0 Å². The summed E-state index contributed by atoms with van der Waals surface area (Å²) in [6, 6.07) is 0.655. The number of anilines is 1. The van der Waals surface area contributed by atoms with E-state index in [-0.39, 0.29) is 0 Å². The Morgan fingerprint density at radius 2 is 1.94 bits per heavy atom. The summed E-state index contributed by atoms with van der Waals surface area (Å²) in [5, 5.41) is 1.10. The van der Waals surface area contributed by atoms with Crippen LogP contribution in [0, 0.1) is 0 Å². The molecule has 5 heteroatoms. The van der Waals surface area contributed by atoms with Gasteiger partial charge in [-0.05, 0) is 13.8 Å². The van der Waals surface area contributed by atoms with Crippen LogP contribution in [-0.2, 0) is 6.42 Å². The lowest BCUT2D eigenvalue weighted by Gasteiger charge is -2.36. The van der Waals surface area contributed by atoms with Gasteiger partial charge < -0.3 is 4.90 Å². The molecular weight excluding hydrogens is 220 g/mol. The smallest absolute Gasteiger partial charge is 0.205 e. The van der Waals surface area contributed by atoms with Crippen LogP contribution in [0.15, 0.2) is 0 Å². The minimum absolute atomic E-state index is 0.655. The highest BCUT2D eigenvalue weighted by Gasteiger charge is 2.20. The van der Waals surface area contributed by atoms with Gasteiger partial charge in [-0.15, -0.1) is 0 Å². The fourth-order valence-corrected chi connectivity index (χ4v) is 2.75. The highest BCUT2D eigenvalue weighted by Crippen LogP contribution is 2.19. The molecule has 0 aliphatic carbocycles. The molecule has 1 aromatic heterocycles. The molecule has 0 spiro atoms. The summed E-state index contributed by atoms with van der Waals surface area (Å²) in [6.45, 7) is 11.1. The Morgan fingerprint density at radius 1 is 1.25 bits per heavy atom. The zero-order valence-electron chi connectivity index (χ0n) is 10.3. The minimum atomic E-state index is 0.655. The number of aromatic nitrogens is 2. The Hall–Kier alpha value is -0.680. The topological polar surface area (TPSA) is 32.3 Å². The first-order valence-electron chi connectivity index (χ1n) is 6.02. The van der Waals surface area contributed by atoms with Crippen molar-refractivity contribution >= 4 is 16.7 Å². The Morgan fingerprint density at radius 3 is 2.44 bits per heavy atom. The van der Waals surface area contributed by atoms with Crippen LogP contribution in [0.5, 0.6) is 0 Å². The highest BCUT2D eigenvalue weighted by atomic mass is 32.1.